The molecule has 6 heteroatoms. The second-order valence-electron chi connectivity index (χ2n) is 6.75. The standard InChI is InChI=1S/C20H24ClN3OS/c1-14-12-19(15(2)11-18(14)21)26-22-17-6-4-5-16(13-17)20(25)24-9-7-23(3)8-10-24/h4-6,11-13,22H,7-10H2,1-3H3. The van der Waals surface area contributed by atoms with E-state index < -0.39 is 0 Å². The van der Waals surface area contributed by atoms with Gasteiger partial charge in [-0.25, -0.2) is 0 Å². The number of amides is 1. The average molecular weight is 390 g/mol. The molecule has 1 fully saturated rings. The van der Waals surface area contributed by atoms with Crippen LogP contribution in [0.15, 0.2) is 41.3 Å². The molecule has 1 amide bonds. The normalized spacial score (nSPS) is 15.2. The fourth-order valence-corrected chi connectivity index (χ4v) is 3.91. The summed E-state index contributed by atoms with van der Waals surface area (Å²) in [6, 6.07) is 11.8. The lowest BCUT2D eigenvalue weighted by molar-refractivity contribution is 0.0664. The van der Waals surface area contributed by atoms with E-state index in [0.29, 0.717) is 0 Å². The van der Waals surface area contributed by atoms with E-state index in [1.54, 1.807) is 0 Å². The number of nitrogens with one attached hydrogen (secondary N) is 1. The van der Waals surface area contributed by atoms with Gasteiger partial charge in [0.05, 0.1) is 0 Å². The van der Waals surface area contributed by atoms with E-state index in [2.05, 4.69) is 22.7 Å². The van der Waals surface area contributed by atoms with Crippen LogP contribution in [0.25, 0.3) is 0 Å². The Bertz CT molecular complexity index is 804. The van der Waals surface area contributed by atoms with Crippen LogP contribution < -0.4 is 4.72 Å². The van der Waals surface area contributed by atoms with Crippen molar-refractivity contribution in [1.82, 2.24) is 9.80 Å². The number of nitrogens with zero attached hydrogens (tertiary/aromatic N) is 2. The van der Waals surface area contributed by atoms with Gasteiger partial charge in [-0.3, -0.25) is 4.79 Å². The maximum Gasteiger partial charge on any atom is 0.254 e. The summed E-state index contributed by atoms with van der Waals surface area (Å²) in [6.07, 6.45) is 0. The first-order chi connectivity index (χ1) is 12.4. The number of benzene rings is 2. The third-order valence-corrected chi connectivity index (χ3v) is 6.04. The topological polar surface area (TPSA) is 35.6 Å². The predicted molar refractivity (Wildman–Crippen MR) is 110 cm³/mol. The van der Waals surface area contributed by atoms with Crippen LogP contribution in [0.1, 0.15) is 21.5 Å². The average Bonchev–Trinajstić information content (AvgIpc) is 2.64. The van der Waals surface area contributed by atoms with Crippen LogP contribution in [0.5, 0.6) is 0 Å². The van der Waals surface area contributed by atoms with Gasteiger partial charge in [-0.2, -0.15) is 0 Å². The molecule has 0 aromatic heterocycles. The van der Waals surface area contributed by atoms with Gasteiger partial charge in [0.25, 0.3) is 5.91 Å². The highest BCUT2D eigenvalue weighted by atomic mass is 35.5. The summed E-state index contributed by atoms with van der Waals surface area (Å²) in [5.74, 6) is 0.102. The fraction of sp³-hybridized carbons (Fsp3) is 0.350. The van der Waals surface area contributed by atoms with Crippen molar-refractivity contribution in [2.24, 2.45) is 0 Å². The van der Waals surface area contributed by atoms with Crippen molar-refractivity contribution in [2.45, 2.75) is 18.7 Å². The number of hydrogen-bond donors (Lipinski definition) is 1. The minimum Gasteiger partial charge on any atom is -0.336 e. The van der Waals surface area contributed by atoms with Crippen LogP contribution >= 0.6 is 23.5 Å². The molecule has 3 rings (SSSR count). The van der Waals surface area contributed by atoms with E-state index in [1.807, 2.05) is 49.1 Å². The van der Waals surface area contributed by atoms with E-state index in [-0.39, 0.29) is 5.91 Å². The molecule has 1 saturated heterocycles. The van der Waals surface area contributed by atoms with Crippen molar-refractivity contribution < 1.29 is 4.79 Å². The summed E-state index contributed by atoms with van der Waals surface area (Å²) in [6.45, 7) is 7.46. The number of aryl methyl sites for hydroxylation is 2. The van der Waals surface area contributed by atoms with Gasteiger partial charge in [0.1, 0.15) is 0 Å². The molecule has 0 bridgehead atoms. The highest BCUT2D eigenvalue weighted by Crippen LogP contribution is 2.29. The zero-order valence-corrected chi connectivity index (χ0v) is 17.0. The Morgan fingerprint density at radius 2 is 1.81 bits per heavy atom. The summed E-state index contributed by atoms with van der Waals surface area (Å²) in [7, 11) is 2.09. The van der Waals surface area contributed by atoms with Gasteiger partial charge in [-0.1, -0.05) is 17.7 Å². The Labute approximate surface area is 164 Å². The molecular formula is C20H24ClN3OS. The Kier molecular flexibility index (Phi) is 6.12. The van der Waals surface area contributed by atoms with E-state index in [9.17, 15) is 4.79 Å². The van der Waals surface area contributed by atoms with Crippen LogP contribution in [-0.4, -0.2) is 48.9 Å². The fourth-order valence-electron chi connectivity index (χ4n) is 2.89. The van der Waals surface area contributed by atoms with Crippen LogP contribution in [0, 0.1) is 13.8 Å². The first-order valence-corrected chi connectivity index (χ1v) is 9.91. The third-order valence-electron chi connectivity index (χ3n) is 4.64. The third kappa shape index (κ3) is 4.53. The quantitative estimate of drug-likeness (QED) is 0.783. The van der Waals surface area contributed by atoms with Crippen molar-refractivity contribution >= 4 is 35.1 Å². The minimum absolute atomic E-state index is 0.102. The smallest absolute Gasteiger partial charge is 0.254 e. The maximum atomic E-state index is 12.7. The van der Waals surface area contributed by atoms with Crippen LogP contribution in [0.4, 0.5) is 5.69 Å². The molecule has 0 saturated carbocycles. The molecule has 4 nitrogen and oxygen atoms in total. The van der Waals surface area contributed by atoms with Crippen molar-refractivity contribution in [3.8, 4) is 0 Å². The van der Waals surface area contributed by atoms with Gasteiger partial charge in [0.2, 0.25) is 0 Å². The number of piperazine rings is 1. The molecule has 0 atom stereocenters. The molecule has 2 aromatic rings. The molecule has 1 aliphatic rings. The van der Waals surface area contributed by atoms with Gasteiger partial charge in [-0.15, -0.1) is 0 Å². The Balaban J connectivity index is 1.68. The lowest BCUT2D eigenvalue weighted by atomic mass is 10.1. The van der Waals surface area contributed by atoms with Crippen molar-refractivity contribution in [2.75, 3.05) is 37.9 Å². The van der Waals surface area contributed by atoms with E-state index >= 15 is 0 Å². The molecule has 26 heavy (non-hydrogen) atoms. The zero-order chi connectivity index (χ0) is 18.7. The minimum atomic E-state index is 0.102. The van der Waals surface area contributed by atoms with Gasteiger partial charge in [0.15, 0.2) is 0 Å². The van der Waals surface area contributed by atoms with Gasteiger partial charge < -0.3 is 14.5 Å². The molecular weight excluding hydrogens is 366 g/mol. The number of halogens is 1. The maximum absolute atomic E-state index is 12.7. The Morgan fingerprint density at radius 1 is 1.08 bits per heavy atom. The van der Waals surface area contributed by atoms with Gasteiger partial charge >= 0.3 is 0 Å². The highest BCUT2D eigenvalue weighted by molar-refractivity contribution is 8.00. The summed E-state index contributed by atoms with van der Waals surface area (Å²) >= 11 is 7.71. The van der Waals surface area contributed by atoms with Crippen molar-refractivity contribution in [3.63, 3.8) is 0 Å². The molecule has 138 valence electrons. The number of hydrogen-bond acceptors (Lipinski definition) is 4. The summed E-state index contributed by atoms with van der Waals surface area (Å²) in [5, 5.41) is 0.784. The Hall–Kier alpha value is -1.69. The molecule has 1 heterocycles. The van der Waals surface area contributed by atoms with Crippen LogP contribution in [-0.2, 0) is 0 Å². The number of rotatable bonds is 4. The second-order valence-corrected chi connectivity index (χ2v) is 8.00. The van der Waals surface area contributed by atoms with E-state index in [1.165, 1.54) is 11.9 Å². The first kappa shape index (κ1) is 19.1. The van der Waals surface area contributed by atoms with Gasteiger partial charge in [-0.05, 0) is 74.3 Å². The molecule has 0 radical (unpaired) electrons. The van der Waals surface area contributed by atoms with Crippen LogP contribution in [0.3, 0.4) is 0 Å². The zero-order valence-electron chi connectivity index (χ0n) is 15.4. The predicted octanol–water partition coefficient (Wildman–Crippen LogP) is 4.46. The largest absolute Gasteiger partial charge is 0.336 e. The first-order valence-electron chi connectivity index (χ1n) is 8.71. The summed E-state index contributed by atoms with van der Waals surface area (Å²) < 4.78 is 3.35. The number of likely N-dealkylation sites (N-methyl/N-ethyl adjacent to an activating group) is 1. The number of carbonyl (C=O) groups is 1. The number of anilines is 1. The molecule has 2 aromatic carbocycles. The van der Waals surface area contributed by atoms with Crippen molar-refractivity contribution in [1.29, 1.82) is 0 Å². The SMILES string of the molecule is Cc1cc(SNc2cccc(C(=O)N3CCN(C)CC3)c2)c(C)cc1Cl. The van der Waals surface area contributed by atoms with E-state index in [4.69, 9.17) is 11.6 Å². The summed E-state index contributed by atoms with van der Waals surface area (Å²) in [4.78, 5) is 18.0. The van der Waals surface area contributed by atoms with E-state index in [0.717, 1.165) is 58.5 Å². The molecule has 1 N–H and O–H groups in total. The molecule has 1 aliphatic heterocycles. The Morgan fingerprint density at radius 3 is 2.54 bits per heavy atom. The van der Waals surface area contributed by atoms with Gasteiger partial charge in [0, 0.05) is 47.3 Å². The van der Waals surface area contributed by atoms with Crippen LogP contribution in [0.2, 0.25) is 5.02 Å². The lowest BCUT2D eigenvalue weighted by Gasteiger charge is -2.32. The second kappa shape index (κ2) is 8.33. The monoisotopic (exact) mass is 389 g/mol. The molecule has 0 spiro atoms. The molecule has 0 aliphatic carbocycles. The highest BCUT2D eigenvalue weighted by Gasteiger charge is 2.20. The number of carbonyl (C=O) groups excluding carboxylic acids is 1. The van der Waals surface area contributed by atoms with Crippen molar-refractivity contribution in [3.05, 3.63) is 58.1 Å². The lowest BCUT2D eigenvalue weighted by Crippen LogP contribution is -2.47. The summed E-state index contributed by atoms with van der Waals surface area (Å²) in [5.41, 5.74) is 3.83. The molecule has 0 unspecified atom stereocenters.